The predicted octanol–water partition coefficient (Wildman–Crippen LogP) is 20.6. The number of ether oxygens (including phenoxy) is 2. The lowest BCUT2D eigenvalue weighted by Crippen LogP contribution is -2.37. The maximum atomic E-state index is 12.8. The van der Waals surface area contributed by atoms with E-state index in [-0.39, 0.29) is 32.0 Å². The Morgan fingerprint density at radius 1 is 0.410 bits per heavy atom. The standard InChI is InChI=1S/C68H122NO8P/c1-6-8-10-12-14-16-18-20-22-24-25-26-27-28-29-30-31-32-33-34-35-36-37-38-39-40-41-42-43-45-47-49-51-53-55-57-59-61-68(71)77-66(65-76-78(72,73)75-63-62-69(3,4)5)64-74-67(70)60-58-56-54-52-50-48-46-44-23-21-19-17-15-13-11-9-7-2/h8,10,14-17,20-23,25-26,28-29,66H,6-7,9,11-13,18-19,24,27,30-65H2,1-5H3/p+1/b10-8-,16-14-,17-15-,22-20-,23-21-,26-25-,29-28-. The number of phosphoric acid groups is 1. The third-order valence-electron chi connectivity index (χ3n) is 13.9. The lowest BCUT2D eigenvalue weighted by Gasteiger charge is -2.24. The number of allylic oxidation sites excluding steroid dienone is 14. The first kappa shape index (κ1) is 75.2. The maximum Gasteiger partial charge on any atom is 0.472 e. The van der Waals surface area contributed by atoms with Crippen molar-refractivity contribution in [2.24, 2.45) is 0 Å². The first-order valence-corrected chi connectivity index (χ1v) is 33.8. The van der Waals surface area contributed by atoms with Crippen LogP contribution >= 0.6 is 7.82 Å². The van der Waals surface area contributed by atoms with Crippen LogP contribution in [0, 0.1) is 0 Å². The van der Waals surface area contributed by atoms with Crippen LogP contribution in [0.5, 0.6) is 0 Å². The Hall–Kier alpha value is -2.81. The summed E-state index contributed by atoms with van der Waals surface area (Å²) in [4.78, 5) is 35.7. The fourth-order valence-electron chi connectivity index (χ4n) is 8.96. The van der Waals surface area contributed by atoms with E-state index in [0.29, 0.717) is 17.4 Å². The second kappa shape index (κ2) is 58.8. The first-order chi connectivity index (χ1) is 38.0. The summed E-state index contributed by atoms with van der Waals surface area (Å²) in [6.45, 7) is 4.31. The van der Waals surface area contributed by atoms with Crippen LogP contribution < -0.4 is 0 Å². The minimum Gasteiger partial charge on any atom is -0.462 e. The molecule has 2 unspecified atom stereocenters. The van der Waals surface area contributed by atoms with Crippen molar-refractivity contribution in [2.75, 3.05) is 47.5 Å². The van der Waals surface area contributed by atoms with Crippen LogP contribution in [0.15, 0.2) is 85.1 Å². The molecule has 2 atom stereocenters. The van der Waals surface area contributed by atoms with Crippen molar-refractivity contribution < 1.29 is 42.1 Å². The number of unbranched alkanes of at least 4 members (excludes halogenated alkanes) is 31. The third-order valence-corrected chi connectivity index (χ3v) is 14.9. The number of nitrogens with zero attached hydrogens (tertiary/aromatic N) is 1. The quantitative estimate of drug-likeness (QED) is 0.0211. The molecule has 0 heterocycles. The van der Waals surface area contributed by atoms with Crippen molar-refractivity contribution in [3.8, 4) is 0 Å². The molecule has 0 amide bonds. The molecule has 10 heteroatoms. The van der Waals surface area contributed by atoms with Gasteiger partial charge in [-0.3, -0.25) is 18.6 Å². The molecule has 0 saturated carbocycles. The zero-order valence-corrected chi connectivity index (χ0v) is 52.3. The molecular formula is C68H123NO8P+. The Labute approximate surface area is 481 Å². The highest BCUT2D eigenvalue weighted by Crippen LogP contribution is 2.43. The Bertz CT molecular complexity index is 1590. The van der Waals surface area contributed by atoms with Gasteiger partial charge in [0.1, 0.15) is 19.8 Å². The molecule has 0 aromatic heterocycles. The molecule has 452 valence electrons. The first-order valence-electron chi connectivity index (χ1n) is 32.3. The lowest BCUT2D eigenvalue weighted by atomic mass is 10.0. The molecule has 0 fully saturated rings. The van der Waals surface area contributed by atoms with Gasteiger partial charge in [-0.1, -0.05) is 266 Å². The van der Waals surface area contributed by atoms with E-state index in [4.69, 9.17) is 18.5 Å². The molecule has 78 heavy (non-hydrogen) atoms. The molecule has 0 radical (unpaired) electrons. The molecule has 0 aromatic rings. The number of hydrogen-bond acceptors (Lipinski definition) is 7. The van der Waals surface area contributed by atoms with Crippen molar-refractivity contribution in [3.05, 3.63) is 85.1 Å². The Morgan fingerprint density at radius 2 is 0.731 bits per heavy atom. The smallest absolute Gasteiger partial charge is 0.462 e. The van der Waals surface area contributed by atoms with Gasteiger partial charge in [0.25, 0.3) is 0 Å². The fourth-order valence-corrected chi connectivity index (χ4v) is 9.70. The largest absolute Gasteiger partial charge is 0.472 e. The minimum atomic E-state index is -4.39. The van der Waals surface area contributed by atoms with Crippen LogP contribution in [-0.4, -0.2) is 74.9 Å². The van der Waals surface area contributed by atoms with Crippen LogP contribution in [0.4, 0.5) is 0 Å². The number of hydrogen-bond donors (Lipinski definition) is 1. The van der Waals surface area contributed by atoms with E-state index in [1.807, 2.05) is 21.1 Å². The summed E-state index contributed by atoms with van der Waals surface area (Å²) in [6.07, 6.45) is 79.6. The van der Waals surface area contributed by atoms with E-state index in [0.717, 1.165) is 83.5 Å². The van der Waals surface area contributed by atoms with Gasteiger partial charge in [0.15, 0.2) is 6.10 Å². The second-order valence-electron chi connectivity index (χ2n) is 22.8. The summed E-state index contributed by atoms with van der Waals surface area (Å²) in [5, 5.41) is 0. The van der Waals surface area contributed by atoms with Gasteiger partial charge in [-0.05, 0) is 89.9 Å². The van der Waals surface area contributed by atoms with E-state index >= 15 is 0 Å². The highest BCUT2D eigenvalue weighted by Gasteiger charge is 2.27. The predicted molar refractivity (Wildman–Crippen MR) is 335 cm³/mol. The summed E-state index contributed by atoms with van der Waals surface area (Å²) >= 11 is 0. The van der Waals surface area contributed by atoms with Crippen molar-refractivity contribution in [1.29, 1.82) is 0 Å². The molecule has 0 aliphatic carbocycles. The zero-order valence-electron chi connectivity index (χ0n) is 51.4. The average Bonchev–Trinajstić information content (AvgIpc) is 3.41. The van der Waals surface area contributed by atoms with E-state index in [2.05, 4.69) is 98.9 Å². The summed E-state index contributed by atoms with van der Waals surface area (Å²) < 4.78 is 34.6. The molecule has 0 aromatic carbocycles. The lowest BCUT2D eigenvalue weighted by molar-refractivity contribution is -0.870. The van der Waals surface area contributed by atoms with Crippen LogP contribution in [0.2, 0.25) is 0 Å². The molecule has 0 saturated heterocycles. The number of phosphoric ester groups is 1. The molecule has 0 rings (SSSR count). The van der Waals surface area contributed by atoms with Gasteiger partial charge in [0.05, 0.1) is 27.7 Å². The molecule has 0 spiro atoms. The van der Waals surface area contributed by atoms with Gasteiger partial charge in [-0.25, -0.2) is 4.57 Å². The molecule has 0 bridgehead atoms. The van der Waals surface area contributed by atoms with Crippen molar-refractivity contribution in [3.63, 3.8) is 0 Å². The topological polar surface area (TPSA) is 108 Å². The number of likely N-dealkylation sites (N-methyl/N-ethyl adjacent to an activating group) is 1. The molecule has 1 N–H and O–H groups in total. The van der Waals surface area contributed by atoms with E-state index in [1.165, 1.54) is 167 Å². The van der Waals surface area contributed by atoms with Gasteiger partial charge in [-0.2, -0.15) is 0 Å². The van der Waals surface area contributed by atoms with Gasteiger partial charge >= 0.3 is 19.8 Å². The molecule has 0 aliphatic heterocycles. The SMILES string of the molecule is CC/C=C\C/C=C\C/C=C\C/C=C\C/C=C\CCCCCCCCCCCCCCCCCCCCCCCC(=O)OC(COC(=O)CCCCCCCCC/C=C\C/C=C\CCCCC)COP(=O)(O)OCC[N+](C)(C)C. The highest BCUT2D eigenvalue weighted by molar-refractivity contribution is 7.47. The third kappa shape index (κ3) is 62.4. The molecule has 9 nitrogen and oxygen atoms in total. The Morgan fingerprint density at radius 3 is 1.09 bits per heavy atom. The number of esters is 2. The van der Waals surface area contributed by atoms with Crippen LogP contribution in [0.3, 0.4) is 0 Å². The Balaban J connectivity index is 3.98. The number of rotatable bonds is 59. The normalized spacial score (nSPS) is 13.8. The van der Waals surface area contributed by atoms with Crippen molar-refractivity contribution in [2.45, 2.75) is 290 Å². The number of quaternary nitrogens is 1. The summed E-state index contributed by atoms with van der Waals surface area (Å²) in [5.41, 5.74) is 0. The highest BCUT2D eigenvalue weighted by atomic mass is 31.2. The maximum absolute atomic E-state index is 12.8. The van der Waals surface area contributed by atoms with E-state index in [9.17, 15) is 19.0 Å². The zero-order chi connectivity index (χ0) is 57.0. The Kier molecular flexibility index (Phi) is 56.7. The monoisotopic (exact) mass is 1110 g/mol. The number of carbonyl (C=O) groups is 2. The second-order valence-corrected chi connectivity index (χ2v) is 24.2. The van der Waals surface area contributed by atoms with Gasteiger partial charge < -0.3 is 18.9 Å². The van der Waals surface area contributed by atoms with Crippen LogP contribution in [-0.2, 0) is 32.7 Å². The average molecular weight is 1110 g/mol. The summed E-state index contributed by atoms with van der Waals surface area (Å²) in [5.74, 6) is -0.798. The summed E-state index contributed by atoms with van der Waals surface area (Å²) in [7, 11) is 1.48. The number of carbonyl (C=O) groups excluding carboxylic acids is 2. The fraction of sp³-hybridized carbons (Fsp3) is 0.765. The van der Waals surface area contributed by atoms with Crippen molar-refractivity contribution in [1.82, 2.24) is 0 Å². The van der Waals surface area contributed by atoms with Gasteiger partial charge in [0, 0.05) is 12.8 Å². The van der Waals surface area contributed by atoms with Crippen molar-refractivity contribution >= 4 is 19.8 Å². The minimum absolute atomic E-state index is 0.0294. The summed E-state index contributed by atoms with van der Waals surface area (Å²) in [6, 6.07) is 0. The van der Waals surface area contributed by atoms with Gasteiger partial charge in [0.2, 0.25) is 0 Å². The van der Waals surface area contributed by atoms with E-state index in [1.54, 1.807) is 0 Å². The molecular weight excluding hydrogens is 990 g/mol. The van der Waals surface area contributed by atoms with Crippen LogP contribution in [0.25, 0.3) is 0 Å². The van der Waals surface area contributed by atoms with Crippen LogP contribution in [0.1, 0.15) is 284 Å². The van der Waals surface area contributed by atoms with Gasteiger partial charge in [-0.15, -0.1) is 0 Å². The molecule has 0 aliphatic rings. The van der Waals surface area contributed by atoms with E-state index < -0.39 is 26.5 Å².